The van der Waals surface area contributed by atoms with E-state index < -0.39 is 0 Å². The minimum Gasteiger partial charge on any atom is -0.508 e. The first-order chi connectivity index (χ1) is 8.20. The number of aromatic hydroxyl groups is 1. The lowest BCUT2D eigenvalue weighted by Crippen LogP contribution is -2.14. The molecule has 0 heterocycles. The molecule has 0 fully saturated rings. The first kappa shape index (κ1) is 11.4. The van der Waals surface area contributed by atoms with E-state index in [-0.39, 0.29) is 11.6 Å². The monoisotopic (exact) mass is 233 g/mol. The van der Waals surface area contributed by atoms with Gasteiger partial charge in [0.05, 0.1) is 18.5 Å². The second-order valence-corrected chi connectivity index (χ2v) is 3.47. The summed E-state index contributed by atoms with van der Waals surface area (Å²) >= 11 is 0. The van der Waals surface area contributed by atoms with Crippen LogP contribution in [-0.4, -0.2) is 12.2 Å². The molecule has 4 heteroatoms. The van der Waals surface area contributed by atoms with Crippen molar-refractivity contribution in [3.8, 4) is 5.75 Å². The summed E-state index contributed by atoms with van der Waals surface area (Å²) in [7, 11) is 1.52. The number of anilines is 2. The van der Waals surface area contributed by atoms with Crippen LogP contribution in [0.3, 0.4) is 0 Å². The fraction of sp³-hybridized carbons (Fsp3) is 0.0769. The minimum atomic E-state index is -0.296. The van der Waals surface area contributed by atoms with Crippen molar-refractivity contribution in [1.82, 2.24) is 0 Å². The summed E-state index contributed by atoms with van der Waals surface area (Å²) in [4.78, 5) is 5.23. The van der Waals surface area contributed by atoms with Crippen LogP contribution in [0.4, 0.5) is 15.8 Å². The SMILES string of the molecule is CON(c1ccc(O)cc1)c1ccc(F)cc1. The molecule has 2 rings (SSSR count). The number of hydrogen-bond donors (Lipinski definition) is 1. The Bertz CT molecular complexity index is 436. The number of phenolic OH excluding ortho intramolecular Hbond substituents is 1. The molecule has 0 amide bonds. The molecule has 0 saturated heterocycles. The van der Waals surface area contributed by atoms with Gasteiger partial charge >= 0.3 is 0 Å². The van der Waals surface area contributed by atoms with E-state index >= 15 is 0 Å². The Kier molecular flexibility index (Phi) is 3.25. The van der Waals surface area contributed by atoms with Crippen LogP contribution in [0.2, 0.25) is 0 Å². The van der Waals surface area contributed by atoms with E-state index in [0.717, 1.165) is 5.69 Å². The third kappa shape index (κ3) is 2.54. The van der Waals surface area contributed by atoms with Gasteiger partial charge in [0.2, 0.25) is 0 Å². The molecule has 0 atom stereocenters. The molecule has 0 saturated carbocycles. The van der Waals surface area contributed by atoms with Crippen LogP contribution < -0.4 is 5.06 Å². The quantitative estimate of drug-likeness (QED) is 0.826. The van der Waals surface area contributed by atoms with E-state index in [1.165, 1.54) is 19.2 Å². The van der Waals surface area contributed by atoms with E-state index in [4.69, 9.17) is 4.84 Å². The number of halogens is 1. The molecule has 0 unspecified atom stereocenters. The van der Waals surface area contributed by atoms with E-state index in [0.29, 0.717) is 5.69 Å². The summed E-state index contributed by atoms with van der Waals surface area (Å²) < 4.78 is 12.8. The van der Waals surface area contributed by atoms with Gasteiger partial charge in [0, 0.05) is 0 Å². The zero-order valence-corrected chi connectivity index (χ0v) is 9.30. The summed E-state index contributed by atoms with van der Waals surface area (Å²) in [5.74, 6) is -0.112. The Hall–Kier alpha value is -2.07. The van der Waals surface area contributed by atoms with Gasteiger partial charge in [0.25, 0.3) is 0 Å². The lowest BCUT2D eigenvalue weighted by molar-refractivity contribution is 0.201. The molecule has 0 spiro atoms. The van der Waals surface area contributed by atoms with Crippen molar-refractivity contribution in [2.24, 2.45) is 0 Å². The van der Waals surface area contributed by atoms with Crippen molar-refractivity contribution in [1.29, 1.82) is 0 Å². The molecule has 0 bridgehead atoms. The average molecular weight is 233 g/mol. The van der Waals surface area contributed by atoms with Crippen molar-refractivity contribution in [2.75, 3.05) is 12.2 Å². The predicted molar refractivity (Wildman–Crippen MR) is 63.7 cm³/mol. The maximum absolute atomic E-state index is 12.8. The van der Waals surface area contributed by atoms with Crippen LogP contribution in [-0.2, 0) is 4.84 Å². The van der Waals surface area contributed by atoms with E-state index in [1.807, 2.05) is 0 Å². The van der Waals surface area contributed by atoms with Gasteiger partial charge in [-0.3, -0.25) is 4.84 Å². The van der Waals surface area contributed by atoms with Gasteiger partial charge in [-0.25, -0.2) is 9.45 Å². The van der Waals surface area contributed by atoms with E-state index in [1.54, 1.807) is 41.5 Å². The summed E-state index contributed by atoms with van der Waals surface area (Å²) in [6.45, 7) is 0. The van der Waals surface area contributed by atoms with Crippen LogP contribution >= 0.6 is 0 Å². The Morgan fingerprint density at radius 1 is 0.941 bits per heavy atom. The molecule has 0 aliphatic rings. The van der Waals surface area contributed by atoms with Crippen LogP contribution in [0.5, 0.6) is 5.75 Å². The molecule has 2 aromatic carbocycles. The standard InChI is InChI=1S/C13H12FNO2/c1-17-15(11-4-2-10(14)3-5-11)12-6-8-13(16)9-7-12/h2-9,16H,1H3. The van der Waals surface area contributed by atoms with Crippen molar-refractivity contribution in [2.45, 2.75) is 0 Å². The molecule has 88 valence electrons. The van der Waals surface area contributed by atoms with Crippen LogP contribution in [0.15, 0.2) is 48.5 Å². The smallest absolute Gasteiger partial charge is 0.123 e. The Balaban J connectivity index is 2.33. The fourth-order valence-corrected chi connectivity index (χ4v) is 1.52. The Labute approximate surface area is 98.6 Å². The van der Waals surface area contributed by atoms with Gasteiger partial charge in [-0.15, -0.1) is 0 Å². The lowest BCUT2D eigenvalue weighted by Gasteiger charge is -2.21. The summed E-state index contributed by atoms with van der Waals surface area (Å²) in [6.07, 6.45) is 0. The molecular weight excluding hydrogens is 221 g/mol. The number of hydrogen-bond acceptors (Lipinski definition) is 3. The zero-order valence-electron chi connectivity index (χ0n) is 9.30. The van der Waals surface area contributed by atoms with Crippen molar-refractivity contribution in [3.63, 3.8) is 0 Å². The highest BCUT2D eigenvalue weighted by atomic mass is 19.1. The van der Waals surface area contributed by atoms with Crippen LogP contribution in [0.1, 0.15) is 0 Å². The number of rotatable bonds is 3. The van der Waals surface area contributed by atoms with E-state index in [9.17, 15) is 9.50 Å². The van der Waals surface area contributed by atoms with Crippen molar-refractivity contribution < 1.29 is 14.3 Å². The summed E-state index contributed by atoms with van der Waals surface area (Å²) in [5, 5.41) is 10.7. The number of phenols is 1. The molecule has 0 aliphatic carbocycles. The number of benzene rings is 2. The number of nitrogens with zero attached hydrogens (tertiary/aromatic N) is 1. The van der Waals surface area contributed by atoms with Gasteiger partial charge in [-0.05, 0) is 48.5 Å². The lowest BCUT2D eigenvalue weighted by atomic mass is 10.2. The maximum Gasteiger partial charge on any atom is 0.123 e. The minimum absolute atomic E-state index is 0.184. The van der Waals surface area contributed by atoms with Crippen LogP contribution in [0, 0.1) is 5.82 Å². The highest BCUT2D eigenvalue weighted by Gasteiger charge is 2.08. The zero-order chi connectivity index (χ0) is 12.3. The first-order valence-corrected chi connectivity index (χ1v) is 5.09. The molecular formula is C13H12FNO2. The van der Waals surface area contributed by atoms with Gasteiger partial charge in [-0.2, -0.15) is 0 Å². The Morgan fingerprint density at radius 3 is 1.88 bits per heavy atom. The van der Waals surface area contributed by atoms with Gasteiger partial charge in [-0.1, -0.05) is 0 Å². The molecule has 0 aliphatic heterocycles. The second kappa shape index (κ2) is 4.84. The average Bonchev–Trinajstić information content (AvgIpc) is 2.35. The molecule has 0 radical (unpaired) electrons. The molecule has 2 aromatic rings. The topological polar surface area (TPSA) is 32.7 Å². The summed E-state index contributed by atoms with van der Waals surface area (Å²) in [6, 6.07) is 12.5. The molecule has 3 nitrogen and oxygen atoms in total. The van der Waals surface area contributed by atoms with Crippen LogP contribution in [0.25, 0.3) is 0 Å². The summed E-state index contributed by atoms with van der Waals surface area (Å²) in [5.41, 5.74) is 1.46. The highest BCUT2D eigenvalue weighted by Crippen LogP contribution is 2.26. The largest absolute Gasteiger partial charge is 0.508 e. The normalized spacial score (nSPS) is 10.2. The maximum atomic E-state index is 12.8. The van der Waals surface area contributed by atoms with Gasteiger partial charge in [0.1, 0.15) is 11.6 Å². The Morgan fingerprint density at radius 2 is 1.41 bits per heavy atom. The third-order valence-electron chi connectivity index (χ3n) is 2.33. The van der Waals surface area contributed by atoms with Crippen molar-refractivity contribution >= 4 is 11.4 Å². The third-order valence-corrected chi connectivity index (χ3v) is 2.33. The van der Waals surface area contributed by atoms with Gasteiger partial charge < -0.3 is 5.11 Å². The fourth-order valence-electron chi connectivity index (χ4n) is 1.52. The molecule has 0 aromatic heterocycles. The van der Waals surface area contributed by atoms with E-state index in [2.05, 4.69) is 0 Å². The first-order valence-electron chi connectivity index (χ1n) is 5.09. The second-order valence-electron chi connectivity index (χ2n) is 3.47. The predicted octanol–water partition coefficient (Wildman–Crippen LogP) is 3.23. The van der Waals surface area contributed by atoms with Gasteiger partial charge in [0.15, 0.2) is 0 Å². The highest BCUT2D eigenvalue weighted by molar-refractivity contribution is 5.60. The molecule has 17 heavy (non-hydrogen) atoms. The van der Waals surface area contributed by atoms with Crippen molar-refractivity contribution in [3.05, 3.63) is 54.3 Å². The molecule has 1 N–H and O–H groups in total.